The van der Waals surface area contributed by atoms with Crippen molar-refractivity contribution >= 4 is 5.91 Å². The van der Waals surface area contributed by atoms with Crippen LogP contribution in [-0.4, -0.2) is 49.4 Å². The standard InChI is InChI=1S/C19H30N2O/c1-19(2,3)17-10-8-16(9-11-17)18(22)21-12-6-7-15(14-21)13-20(4)5/h8-11,15H,6-7,12-14H2,1-5H3. The van der Waals surface area contributed by atoms with Crippen LogP contribution in [0.2, 0.25) is 0 Å². The summed E-state index contributed by atoms with van der Waals surface area (Å²) in [4.78, 5) is 17.0. The van der Waals surface area contributed by atoms with Gasteiger partial charge in [-0.05, 0) is 56.0 Å². The quantitative estimate of drug-likeness (QED) is 0.854. The molecule has 3 nitrogen and oxygen atoms in total. The van der Waals surface area contributed by atoms with E-state index in [4.69, 9.17) is 0 Å². The van der Waals surface area contributed by atoms with Gasteiger partial charge in [-0.3, -0.25) is 4.79 Å². The smallest absolute Gasteiger partial charge is 0.253 e. The van der Waals surface area contributed by atoms with Crippen LogP contribution in [0.5, 0.6) is 0 Å². The maximum atomic E-state index is 12.7. The third kappa shape index (κ3) is 4.33. The van der Waals surface area contributed by atoms with E-state index in [1.807, 2.05) is 17.0 Å². The van der Waals surface area contributed by atoms with E-state index in [9.17, 15) is 4.79 Å². The van der Waals surface area contributed by atoms with Crippen LogP contribution in [0.4, 0.5) is 0 Å². The van der Waals surface area contributed by atoms with Crippen molar-refractivity contribution in [2.75, 3.05) is 33.7 Å². The zero-order valence-electron chi connectivity index (χ0n) is 14.7. The number of carbonyl (C=O) groups is 1. The summed E-state index contributed by atoms with van der Waals surface area (Å²) < 4.78 is 0. The molecule has 0 bridgehead atoms. The average molecular weight is 302 g/mol. The zero-order chi connectivity index (χ0) is 16.3. The van der Waals surface area contributed by atoms with E-state index in [1.54, 1.807) is 0 Å². The Bertz CT molecular complexity index is 499. The fourth-order valence-corrected chi connectivity index (χ4v) is 3.21. The first kappa shape index (κ1) is 17.0. The van der Waals surface area contributed by atoms with Gasteiger partial charge in [0.2, 0.25) is 0 Å². The van der Waals surface area contributed by atoms with Crippen LogP contribution < -0.4 is 0 Å². The molecule has 1 heterocycles. The van der Waals surface area contributed by atoms with Gasteiger partial charge < -0.3 is 9.80 Å². The third-order valence-corrected chi connectivity index (χ3v) is 4.43. The normalized spacial score (nSPS) is 19.5. The molecule has 0 aromatic heterocycles. The highest BCUT2D eigenvalue weighted by molar-refractivity contribution is 5.94. The summed E-state index contributed by atoms with van der Waals surface area (Å²) in [5.41, 5.74) is 2.22. The predicted molar refractivity (Wildman–Crippen MR) is 92.3 cm³/mol. The Morgan fingerprint density at radius 2 is 1.86 bits per heavy atom. The van der Waals surface area contributed by atoms with Gasteiger partial charge in [-0.2, -0.15) is 0 Å². The van der Waals surface area contributed by atoms with Crippen molar-refractivity contribution in [3.8, 4) is 0 Å². The third-order valence-electron chi connectivity index (χ3n) is 4.43. The second kappa shape index (κ2) is 6.82. The molecule has 0 N–H and O–H groups in total. The zero-order valence-corrected chi connectivity index (χ0v) is 14.7. The molecule has 1 aromatic rings. The first-order valence-electron chi connectivity index (χ1n) is 8.32. The highest BCUT2D eigenvalue weighted by Gasteiger charge is 2.25. The van der Waals surface area contributed by atoms with Crippen molar-refractivity contribution < 1.29 is 4.79 Å². The van der Waals surface area contributed by atoms with Crippen LogP contribution in [0.15, 0.2) is 24.3 Å². The summed E-state index contributed by atoms with van der Waals surface area (Å²) in [7, 11) is 4.21. The maximum absolute atomic E-state index is 12.7. The largest absolute Gasteiger partial charge is 0.338 e. The number of hydrogen-bond donors (Lipinski definition) is 0. The molecule has 3 heteroatoms. The lowest BCUT2D eigenvalue weighted by Gasteiger charge is -2.34. The molecule has 1 aliphatic rings. The molecule has 1 saturated heterocycles. The number of piperidine rings is 1. The molecule has 0 saturated carbocycles. The fraction of sp³-hybridized carbons (Fsp3) is 0.632. The second-order valence-electron chi connectivity index (χ2n) is 7.85. The number of likely N-dealkylation sites (tertiary alicyclic amines) is 1. The maximum Gasteiger partial charge on any atom is 0.253 e. The molecule has 1 aliphatic heterocycles. The van der Waals surface area contributed by atoms with E-state index in [2.05, 4.69) is 51.9 Å². The lowest BCUT2D eigenvalue weighted by molar-refractivity contribution is 0.0655. The number of hydrogen-bond acceptors (Lipinski definition) is 2. The predicted octanol–water partition coefficient (Wildman–Crippen LogP) is 3.40. The second-order valence-corrected chi connectivity index (χ2v) is 7.85. The number of nitrogens with zero attached hydrogens (tertiary/aromatic N) is 2. The minimum Gasteiger partial charge on any atom is -0.338 e. The van der Waals surface area contributed by atoms with E-state index < -0.39 is 0 Å². The molecule has 1 amide bonds. The summed E-state index contributed by atoms with van der Waals surface area (Å²) >= 11 is 0. The molecule has 1 fully saturated rings. The minimum absolute atomic E-state index is 0.128. The van der Waals surface area contributed by atoms with Gasteiger partial charge in [-0.15, -0.1) is 0 Å². The van der Waals surface area contributed by atoms with Gasteiger partial charge in [0.15, 0.2) is 0 Å². The highest BCUT2D eigenvalue weighted by atomic mass is 16.2. The van der Waals surface area contributed by atoms with Gasteiger partial charge in [0.1, 0.15) is 0 Å². The van der Waals surface area contributed by atoms with Gasteiger partial charge >= 0.3 is 0 Å². The van der Waals surface area contributed by atoms with Gasteiger partial charge in [0.05, 0.1) is 0 Å². The van der Waals surface area contributed by atoms with Crippen LogP contribution in [0.25, 0.3) is 0 Å². The fourth-order valence-electron chi connectivity index (χ4n) is 3.21. The summed E-state index contributed by atoms with van der Waals surface area (Å²) in [5, 5.41) is 0. The van der Waals surface area contributed by atoms with E-state index in [0.717, 1.165) is 31.6 Å². The Morgan fingerprint density at radius 3 is 2.41 bits per heavy atom. The monoisotopic (exact) mass is 302 g/mol. The Hall–Kier alpha value is -1.35. The van der Waals surface area contributed by atoms with E-state index >= 15 is 0 Å². The summed E-state index contributed by atoms with van der Waals surface area (Å²) in [5.74, 6) is 0.783. The molecule has 1 unspecified atom stereocenters. The molecular weight excluding hydrogens is 272 g/mol. The SMILES string of the molecule is CN(C)CC1CCCN(C(=O)c2ccc(C(C)(C)C)cc2)C1. The topological polar surface area (TPSA) is 23.6 Å². The van der Waals surface area contributed by atoms with Crippen LogP contribution in [0, 0.1) is 5.92 Å². The van der Waals surface area contributed by atoms with Gasteiger partial charge in [-0.1, -0.05) is 32.9 Å². The van der Waals surface area contributed by atoms with Gasteiger partial charge in [-0.25, -0.2) is 0 Å². The van der Waals surface area contributed by atoms with Crippen molar-refractivity contribution in [3.05, 3.63) is 35.4 Å². The Morgan fingerprint density at radius 1 is 1.23 bits per heavy atom. The van der Waals surface area contributed by atoms with E-state index in [1.165, 1.54) is 12.0 Å². The van der Waals surface area contributed by atoms with Crippen molar-refractivity contribution in [1.82, 2.24) is 9.80 Å². The van der Waals surface area contributed by atoms with E-state index in [0.29, 0.717) is 5.92 Å². The van der Waals surface area contributed by atoms with Crippen molar-refractivity contribution in [1.29, 1.82) is 0 Å². The molecule has 0 aliphatic carbocycles. The highest BCUT2D eigenvalue weighted by Crippen LogP contribution is 2.24. The van der Waals surface area contributed by atoms with Crippen LogP contribution in [0.1, 0.15) is 49.5 Å². The molecule has 0 spiro atoms. The lowest BCUT2D eigenvalue weighted by Crippen LogP contribution is -2.42. The summed E-state index contributed by atoms with van der Waals surface area (Å²) in [6, 6.07) is 8.15. The van der Waals surface area contributed by atoms with E-state index in [-0.39, 0.29) is 11.3 Å². The molecular formula is C19H30N2O. The number of amides is 1. The molecule has 0 radical (unpaired) electrons. The van der Waals surface area contributed by atoms with Crippen molar-refractivity contribution in [3.63, 3.8) is 0 Å². The van der Waals surface area contributed by atoms with Crippen molar-refractivity contribution in [2.45, 2.75) is 39.0 Å². The molecule has 122 valence electrons. The number of rotatable bonds is 3. The number of benzene rings is 1. The summed E-state index contributed by atoms with van der Waals surface area (Å²) in [6.07, 6.45) is 2.34. The molecule has 1 atom stereocenters. The van der Waals surface area contributed by atoms with Gasteiger partial charge in [0, 0.05) is 25.2 Å². The first-order valence-corrected chi connectivity index (χ1v) is 8.32. The Kier molecular flexibility index (Phi) is 5.28. The Balaban J connectivity index is 2.04. The Labute approximate surface area is 135 Å². The number of carbonyl (C=O) groups excluding carboxylic acids is 1. The average Bonchev–Trinajstić information content (AvgIpc) is 2.45. The molecule has 1 aromatic carbocycles. The molecule has 22 heavy (non-hydrogen) atoms. The lowest BCUT2D eigenvalue weighted by atomic mass is 9.86. The minimum atomic E-state index is 0.128. The van der Waals surface area contributed by atoms with Crippen molar-refractivity contribution in [2.24, 2.45) is 5.92 Å². The molecule has 2 rings (SSSR count). The van der Waals surface area contributed by atoms with Crippen LogP contribution >= 0.6 is 0 Å². The van der Waals surface area contributed by atoms with Gasteiger partial charge in [0.25, 0.3) is 5.91 Å². The first-order chi connectivity index (χ1) is 10.3. The van der Waals surface area contributed by atoms with Crippen LogP contribution in [-0.2, 0) is 5.41 Å². The van der Waals surface area contributed by atoms with Crippen LogP contribution in [0.3, 0.4) is 0 Å². The summed E-state index contributed by atoms with van der Waals surface area (Å²) in [6.45, 7) is 9.43.